The number of anilines is 1. The SMILES string of the molecule is COc1ccc(/C=C/C(=O)c2ccc(NC(=O)CSc3nc(-c4ccc(OC)c(OC)c4)c(C#N)c(=O)[nH]3)cc2)cc1OC. The highest BCUT2D eigenvalue weighted by Crippen LogP contribution is 2.33. The lowest BCUT2D eigenvalue weighted by atomic mass is 10.1. The molecule has 224 valence electrons. The summed E-state index contributed by atoms with van der Waals surface area (Å²) in [6.45, 7) is 0. The summed E-state index contributed by atoms with van der Waals surface area (Å²) in [6, 6.07) is 18.6. The Morgan fingerprint density at radius 3 is 2.18 bits per heavy atom. The Bertz CT molecular complexity index is 1810. The summed E-state index contributed by atoms with van der Waals surface area (Å²) in [5.41, 5.74) is 1.53. The molecular formula is C32H28N4O7S. The van der Waals surface area contributed by atoms with E-state index in [9.17, 15) is 19.6 Å². The van der Waals surface area contributed by atoms with Crippen LogP contribution in [0.5, 0.6) is 23.0 Å². The van der Waals surface area contributed by atoms with Crippen LogP contribution in [-0.4, -0.2) is 55.9 Å². The molecule has 0 saturated heterocycles. The lowest BCUT2D eigenvalue weighted by Gasteiger charge is -2.11. The number of ether oxygens (including phenoxy) is 4. The van der Waals surface area contributed by atoms with Crippen molar-refractivity contribution in [3.63, 3.8) is 0 Å². The molecule has 1 heterocycles. The van der Waals surface area contributed by atoms with Crippen molar-refractivity contribution in [2.45, 2.75) is 5.16 Å². The van der Waals surface area contributed by atoms with Crippen molar-refractivity contribution in [1.82, 2.24) is 9.97 Å². The van der Waals surface area contributed by atoms with E-state index in [2.05, 4.69) is 15.3 Å². The molecule has 12 heteroatoms. The number of thioether (sulfide) groups is 1. The van der Waals surface area contributed by atoms with Crippen molar-refractivity contribution < 1.29 is 28.5 Å². The minimum atomic E-state index is -0.629. The molecule has 3 aromatic carbocycles. The second-order valence-electron chi connectivity index (χ2n) is 9.00. The van der Waals surface area contributed by atoms with Gasteiger partial charge in [-0.1, -0.05) is 23.9 Å². The largest absolute Gasteiger partial charge is 0.493 e. The van der Waals surface area contributed by atoms with Crippen molar-refractivity contribution in [3.8, 4) is 40.3 Å². The molecule has 4 aromatic rings. The number of nitrogens with zero attached hydrogens (tertiary/aromatic N) is 2. The Kier molecular flexibility index (Phi) is 10.4. The monoisotopic (exact) mass is 612 g/mol. The van der Waals surface area contributed by atoms with Gasteiger partial charge in [-0.15, -0.1) is 0 Å². The highest BCUT2D eigenvalue weighted by Gasteiger charge is 2.17. The van der Waals surface area contributed by atoms with Crippen molar-refractivity contribution >= 4 is 35.2 Å². The number of methoxy groups -OCH3 is 4. The maximum atomic E-state index is 12.7. The van der Waals surface area contributed by atoms with Gasteiger partial charge in [-0.05, 0) is 66.2 Å². The van der Waals surface area contributed by atoms with Gasteiger partial charge in [0.05, 0.1) is 39.9 Å². The first-order valence-electron chi connectivity index (χ1n) is 13.0. The van der Waals surface area contributed by atoms with E-state index in [4.69, 9.17) is 18.9 Å². The predicted octanol–water partition coefficient (Wildman–Crippen LogP) is 4.97. The summed E-state index contributed by atoms with van der Waals surface area (Å²) in [7, 11) is 6.06. The maximum Gasteiger partial charge on any atom is 0.270 e. The molecule has 0 fully saturated rings. The van der Waals surface area contributed by atoms with Crippen molar-refractivity contribution in [1.29, 1.82) is 5.26 Å². The van der Waals surface area contributed by atoms with Gasteiger partial charge in [0.25, 0.3) is 5.56 Å². The van der Waals surface area contributed by atoms with Crippen LogP contribution < -0.4 is 29.8 Å². The Morgan fingerprint density at radius 1 is 0.909 bits per heavy atom. The first-order valence-corrected chi connectivity index (χ1v) is 14.0. The number of nitrogens with one attached hydrogen (secondary N) is 2. The average Bonchev–Trinajstić information content (AvgIpc) is 3.05. The van der Waals surface area contributed by atoms with Crippen LogP contribution in [0.3, 0.4) is 0 Å². The van der Waals surface area contributed by atoms with Crippen LogP contribution in [0.4, 0.5) is 5.69 Å². The van der Waals surface area contributed by atoms with Gasteiger partial charge >= 0.3 is 0 Å². The van der Waals surface area contributed by atoms with E-state index in [0.29, 0.717) is 39.8 Å². The number of carbonyl (C=O) groups is 2. The zero-order chi connectivity index (χ0) is 31.6. The number of nitriles is 1. The summed E-state index contributed by atoms with van der Waals surface area (Å²) in [6.07, 6.45) is 3.13. The second-order valence-corrected chi connectivity index (χ2v) is 9.97. The minimum absolute atomic E-state index is 0.0744. The molecule has 0 spiro atoms. The van der Waals surface area contributed by atoms with E-state index in [1.807, 2.05) is 12.1 Å². The minimum Gasteiger partial charge on any atom is -0.493 e. The molecule has 2 N–H and O–H groups in total. The molecule has 0 unspecified atom stereocenters. The standard InChI is InChI=1S/C32H28N4O7S/c1-40-25-13-6-19(15-27(25)42-3)5-12-24(37)20-7-10-22(11-8-20)34-29(38)18-44-32-35-30(23(17-33)31(39)36-32)21-9-14-26(41-2)28(16-21)43-4/h5-16H,18H2,1-4H3,(H,34,38)(H,35,36,39)/b12-5+. The van der Waals surface area contributed by atoms with Crippen LogP contribution in [0, 0.1) is 11.3 Å². The number of aromatic nitrogens is 2. The Hall–Kier alpha value is -5.54. The number of H-pyrrole nitrogens is 1. The third-order valence-electron chi connectivity index (χ3n) is 6.29. The number of hydrogen-bond acceptors (Lipinski definition) is 10. The molecule has 0 atom stereocenters. The molecule has 0 saturated carbocycles. The van der Waals surface area contributed by atoms with Crippen molar-refractivity contribution in [2.24, 2.45) is 0 Å². The summed E-state index contributed by atoms with van der Waals surface area (Å²) < 4.78 is 21.1. The first kappa shape index (κ1) is 31.4. The topological polar surface area (TPSA) is 153 Å². The number of amides is 1. The summed E-state index contributed by atoms with van der Waals surface area (Å²) in [5, 5.41) is 12.5. The van der Waals surface area contributed by atoms with E-state index in [0.717, 1.165) is 17.3 Å². The van der Waals surface area contributed by atoms with Gasteiger partial charge in [0.15, 0.2) is 33.9 Å². The average molecular weight is 613 g/mol. The highest BCUT2D eigenvalue weighted by molar-refractivity contribution is 7.99. The number of benzene rings is 3. The molecule has 0 bridgehead atoms. The molecule has 1 amide bonds. The Balaban J connectivity index is 1.40. The lowest BCUT2D eigenvalue weighted by molar-refractivity contribution is -0.113. The smallest absolute Gasteiger partial charge is 0.270 e. The van der Waals surface area contributed by atoms with Crippen LogP contribution >= 0.6 is 11.8 Å². The number of rotatable bonds is 12. The molecule has 0 aliphatic heterocycles. The molecule has 4 rings (SSSR count). The molecule has 0 aliphatic rings. The molecule has 0 radical (unpaired) electrons. The van der Waals surface area contributed by atoms with Crippen molar-refractivity contribution in [3.05, 3.63) is 93.8 Å². The van der Waals surface area contributed by atoms with E-state index >= 15 is 0 Å². The van der Waals surface area contributed by atoms with Gasteiger partial charge < -0.3 is 29.2 Å². The predicted molar refractivity (Wildman–Crippen MR) is 167 cm³/mol. The summed E-state index contributed by atoms with van der Waals surface area (Å²) >= 11 is 1.00. The number of hydrogen-bond donors (Lipinski definition) is 2. The van der Waals surface area contributed by atoms with Gasteiger partial charge in [0.2, 0.25) is 5.91 Å². The summed E-state index contributed by atoms with van der Waals surface area (Å²) in [5.74, 6) is 1.39. The number of allylic oxidation sites excluding steroid dienone is 1. The number of carbonyl (C=O) groups excluding carboxylic acids is 2. The zero-order valence-electron chi connectivity index (χ0n) is 24.3. The fraction of sp³-hybridized carbons (Fsp3) is 0.156. The van der Waals surface area contributed by atoms with Crippen LogP contribution in [0.2, 0.25) is 0 Å². The number of ketones is 1. The van der Waals surface area contributed by atoms with Crippen LogP contribution in [0.1, 0.15) is 21.5 Å². The second kappa shape index (κ2) is 14.6. The van der Waals surface area contributed by atoms with Gasteiger partial charge in [0.1, 0.15) is 11.6 Å². The third-order valence-corrected chi connectivity index (χ3v) is 7.17. The maximum absolute atomic E-state index is 12.7. The van der Waals surface area contributed by atoms with Crippen LogP contribution in [0.15, 0.2) is 76.7 Å². The fourth-order valence-corrected chi connectivity index (χ4v) is 4.75. The van der Waals surface area contributed by atoms with Crippen LogP contribution in [-0.2, 0) is 4.79 Å². The molecule has 11 nitrogen and oxygen atoms in total. The van der Waals surface area contributed by atoms with Gasteiger partial charge in [-0.2, -0.15) is 5.26 Å². The highest BCUT2D eigenvalue weighted by atomic mass is 32.2. The molecule has 44 heavy (non-hydrogen) atoms. The fourth-order valence-electron chi connectivity index (χ4n) is 4.09. The van der Waals surface area contributed by atoms with Gasteiger partial charge in [-0.3, -0.25) is 14.4 Å². The van der Waals surface area contributed by atoms with Gasteiger partial charge in [0, 0.05) is 16.8 Å². The Labute approximate surface area is 257 Å². The molecular weight excluding hydrogens is 584 g/mol. The zero-order valence-corrected chi connectivity index (χ0v) is 25.1. The molecule has 1 aromatic heterocycles. The third kappa shape index (κ3) is 7.45. The van der Waals surface area contributed by atoms with Gasteiger partial charge in [-0.25, -0.2) is 4.98 Å². The normalized spacial score (nSPS) is 10.6. The lowest BCUT2D eigenvalue weighted by Crippen LogP contribution is -2.17. The quantitative estimate of drug-likeness (QED) is 0.0971. The van der Waals surface area contributed by atoms with E-state index < -0.39 is 5.56 Å². The summed E-state index contributed by atoms with van der Waals surface area (Å²) in [4.78, 5) is 44.9. The number of aromatic amines is 1. The van der Waals surface area contributed by atoms with E-state index in [-0.39, 0.29) is 33.9 Å². The van der Waals surface area contributed by atoms with E-state index in [1.54, 1.807) is 67.8 Å². The van der Waals surface area contributed by atoms with Crippen LogP contribution in [0.25, 0.3) is 17.3 Å². The van der Waals surface area contributed by atoms with E-state index in [1.165, 1.54) is 27.4 Å². The molecule has 0 aliphatic carbocycles. The first-order chi connectivity index (χ1) is 21.3. The van der Waals surface area contributed by atoms with Crippen molar-refractivity contribution in [2.75, 3.05) is 39.5 Å². The Morgan fingerprint density at radius 2 is 1.55 bits per heavy atom.